The second-order valence-corrected chi connectivity index (χ2v) is 5.81. The van der Waals surface area contributed by atoms with E-state index in [1.54, 1.807) is 23.5 Å². The number of aromatic nitrogens is 5. The first kappa shape index (κ1) is 15.9. The normalized spacial score (nSPS) is 10.6. The minimum atomic E-state index is 0.735. The lowest BCUT2D eigenvalue weighted by Crippen LogP contribution is -2.11. The van der Waals surface area contributed by atoms with Crippen LogP contribution in [0.3, 0.4) is 0 Å². The third-order valence-electron chi connectivity index (χ3n) is 4.00. The first-order valence-electron chi connectivity index (χ1n) is 8.41. The number of rotatable bonds is 7. The molecule has 0 saturated carbocycles. The van der Waals surface area contributed by atoms with Crippen molar-refractivity contribution >= 4 is 17.1 Å². The third-order valence-corrected chi connectivity index (χ3v) is 4.00. The molecule has 0 aliphatic carbocycles. The van der Waals surface area contributed by atoms with Crippen LogP contribution in [-0.4, -0.2) is 31.5 Å². The second-order valence-electron chi connectivity index (χ2n) is 5.81. The van der Waals surface area contributed by atoms with Crippen LogP contribution in [0.25, 0.3) is 11.3 Å². The Hall–Kier alpha value is -3.61. The van der Waals surface area contributed by atoms with Crippen LogP contribution in [0.15, 0.2) is 73.4 Å². The molecule has 2 aromatic heterocycles. The molecule has 3 N–H and O–H groups in total. The zero-order valence-corrected chi connectivity index (χ0v) is 14.1. The average molecular weight is 345 g/mol. The number of aromatic amines is 1. The van der Waals surface area contributed by atoms with Gasteiger partial charge in [-0.3, -0.25) is 9.78 Å². The summed E-state index contributed by atoms with van der Waals surface area (Å²) in [5.41, 5.74) is 5.13. The molecule has 0 aliphatic rings. The van der Waals surface area contributed by atoms with Crippen LogP contribution in [-0.2, 0) is 6.54 Å². The molecule has 130 valence electrons. The zero-order valence-electron chi connectivity index (χ0n) is 14.1. The lowest BCUT2D eigenvalue weighted by molar-refractivity contribution is 0.636. The van der Waals surface area contributed by atoms with Crippen molar-refractivity contribution in [2.75, 3.05) is 17.2 Å². The summed E-state index contributed by atoms with van der Waals surface area (Å²) in [6.07, 6.45) is 5.01. The van der Waals surface area contributed by atoms with Gasteiger partial charge < -0.3 is 10.6 Å². The minimum absolute atomic E-state index is 0.735. The Kier molecular flexibility index (Phi) is 4.60. The van der Waals surface area contributed by atoms with Gasteiger partial charge >= 0.3 is 0 Å². The number of nitrogens with one attached hydrogen (secondary N) is 3. The molecule has 7 nitrogen and oxygen atoms in total. The van der Waals surface area contributed by atoms with Crippen molar-refractivity contribution in [2.24, 2.45) is 0 Å². The fourth-order valence-corrected chi connectivity index (χ4v) is 2.75. The summed E-state index contributed by atoms with van der Waals surface area (Å²) < 4.78 is 1.80. The molecular formula is C19H19N7. The summed E-state index contributed by atoms with van der Waals surface area (Å²) in [6.45, 7) is 1.47. The Labute approximate surface area is 151 Å². The molecule has 0 atom stereocenters. The van der Waals surface area contributed by atoms with E-state index in [0.29, 0.717) is 0 Å². The summed E-state index contributed by atoms with van der Waals surface area (Å²) in [5.74, 6) is 0. The first-order valence-corrected chi connectivity index (χ1v) is 8.41. The maximum absolute atomic E-state index is 4.13. The summed E-state index contributed by atoms with van der Waals surface area (Å²) in [6, 6.07) is 18.3. The summed E-state index contributed by atoms with van der Waals surface area (Å²) in [5, 5.41) is 18.1. The lowest BCUT2D eigenvalue weighted by Gasteiger charge is -2.14. The Bertz CT molecular complexity index is 931. The molecule has 7 heteroatoms. The molecule has 0 unspecified atom stereocenters. The van der Waals surface area contributed by atoms with Crippen molar-refractivity contribution in [2.45, 2.75) is 6.54 Å². The van der Waals surface area contributed by atoms with Crippen LogP contribution in [0.4, 0.5) is 17.1 Å². The molecule has 0 bridgehead atoms. The van der Waals surface area contributed by atoms with E-state index in [4.69, 9.17) is 0 Å². The van der Waals surface area contributed by atoms with E-state index in [2.05, 4.69) is 49.1 Å². The minimum Gasteiger partial charge on any atom is -0.383 e. The number of hydrogen-bond acceptors (Lipinski definition) is 5. The molecule has 0 spiro atoms. The Morgan fingerprint density at radius 3 is 2.69 bits per heavy atom. The van der Waals surface area contributed by atoms with E-state index in [1.807, 2.05) is 36.4 Å². The van der Waals surface area contributed by atoms with Crippen molar-refractivity contribution in [3.05, 3.63) is 73.4 Å². The fourth-order valence-electron chi connectivity index (χ4n) is 2.75. The van der Waals surface area contributed by atoms with Crippen molar-refractivity contribution in [1.82, 2.24) is 25.0 Å². The molecule has 0 saturated heterocycles. The molecule has 2 heterocycles. The predicted octanol–water partition coefficient (Wildman–Crippen LogP) is 3.52. The third kappa shape index (κ3) is 3.72. The SMILES string of the molecule is c1ccc(Nc2ccc(-c3ccn[nH]3)c(NCCn3cncn3)c2)cc1. The van der Waals surface area contributed by atoms with Gasteiger partial charge in [-0.2, -0.15) is 10.2 Å². The fraction of sp³-hybridized carbons (Fsp3) is 0.105. The van der Waals surface area contributed by atoms with Crippen LogP contribution in [0.5, 0.6) is 0 Å². The van der Waals surface area contributed by atoms with Crippen LogP contribution < -0.4 is 10.6 Å². The van der Waals surface area contributed by atoms with E-state index < -0.39 is 0 Å². The molecule has 26 heavy (non-hydrogen) atoms. The van der Waals surface area contributed by atoms with Gasteiger partial charge in [-0.05, 0) is 36.4 Å². The predicted molar refractivity (Wildman–Crippen MR) is 102 cm³/mol. The Balaban J connectivity index is 1.56. The second kappa shape index (κ2) is 7.52. The number of hydrogen-bond donors (Lipinski definition) is 3. The molecule has 0 fully saturated rings. The van der Waals surface area contributed by atoms with E-state index >= 15 is 0 Å². The maximum Gasteiger partial charge on any atom is 0.137 e. The number of benzene rings is 2. The van der Waals surface area contributed by atoms with Gasteiger partial charge in [0.25, 0.3) is 0 Å². The zero-order chi connectivity index (χ0) is 17.6. The van der Waals surface area contributed by atoms with Gasteiger partial charge in [0.05, 0.1) is 12.2 Å². The summed E-state index contributed by atoms with van der Waals surface area (Å²) in [4.78, 5) is 3.97. The number of H-pyrrole nitrogens is 1. The maximum atomic E-state index is 4.13. The van der Waals surface area contributed by atoms with Crippen molar-refractivity contribution in [1.29, 1.82) is 0 Å². The lowest BCUT2D eigenvalue weighted by atomic mass is 10.1. The highest BCUT2D eigenvalue weighted by Gasteiger charge is 2.08. The van der Waals surface area contributed by atoms with Crippen LogP contribution in [0, 0.1) is 0 Å². The average Bonchev–Trinajstić information content (AvgIpc) is 3.37. The number of nitrogens with zero attached hydrogens (tertiary/aromatic N) is 4. The van der Waals surface area contributed by atoms with E-state index in [-0.39, 0.29) is 0 Å². The highest BCUT2D eigenvalue weighted by molar-refractivity contribution is 5.80. The van der Waals surface area contributed by atoms with Crippen LogP contribution >= 0.6 is 0 Å². The molecule has 4 aromatic rings. The molecular weight excluding hydrogens is 326 g/mol. The summed E-state index contributed by atoms with van der Waals surface area (Å²) in [7, 11) is 0. The molecule has 2 aromatic carbocycles. The van der Waals surface area contributed by atoms with E-state index in [1.165, 1.54) is 0 Å². The molecule has 0 radical (unpaired) electrons. The van der Waals surface area contributed by atoms with Crippen molar-refractivity contribution < 1.29 is 0 Å². The van der Waals surface area contributed by atoms with Gasteiger partial charge in [0.1, 0.15) is 12.7 Å². The molecule has 4 rings (SSSR count). The first-order chi connectivity index (χ1) is 12.9. The van der Waals surface area contributed by atoms with Crippen LogP contribution in [0.1, 0.15) is 0 Å². The summed E-state index contributed by atoms with van der Waals surface area (Å²) >= 11 is 0. The quantitative estimate of drug-likeness (QED) is 0.477. The highest BCUT2D eigenvalue weighted by Crippen LogP contribution is 2.30. The topological polar surface area (TPSA) is 83.5 Å². The molecule has 0 aliphatic heterocycles. The van der Waals surface area contributed by atoms with E-state index in [9.17, 15) is 0 Å². The van der Waals surface area contributed by atoms with Gasteiger partial charge in [-0.25, -0.2) is 4.98 Å². The Morgan fingerprint density at radius 2 is 1.92 bits per heavy atom. The standard InChI is InChI=1S/C19H19N7/c1-2-4-15(5-3-1)24-16-6-7-17(18-8-9-22-25-18)19(12-16)21-10-11-26-14-20-13-23-26/h1-9,12-14,21,24H,10-11H2,(H,22,25). The molecule has 0 amide bonds. The number of para-hydroxylation sites is 1. The highest BCUT2D eigenvalue weighted by atomic mass is 15.3. The number of anilines is 3. The van der Waals surface area contributed by atoms with Gasteiger partial charge in [0, 0.05) is 35.4 Å². The van der Waals surface area contributed by atoms with Crippen molar-refractivity contribution in [3.63, 3.8) is 0 Å². The van der Waals surface area contributed by atoms with Gasteiger partial charge in [-0.1, -0.05) is 18.2 Å². The van der Waals surface area contributed by atoms with Gasteiger partial charge in [0.15, 0.2) is 0 Å². The van der Waals surface area contributed by atoms with E-state index in [0.717, 1.165) is 41.4 Å². The smallest absolute Gasteiger partial charge is 0.137 e. The van der Waals surface area contributed by atoms with Crippen LogP contribution in [0.2, 0.25) is 0 Å². The largest absolute Gasteiger partial charge is 0.383 e. The van der Waals surface area contributed by atoms with Gasteiger partial charge in [0.2, 0.25) is 0 Å². The monoisotopic (exact) mass is 345 g/mol. The van der Waals surface area contributed by atoms with Crippen molar-refractivity contribution in [3.8, 4) is 11.3 Å². The van der Waals surface area contributed by atoms with Gasteiger partial charge in [-0.15, -0.1) is 0 Å². The Morgan fingerprint density at radius 1 is 1.00 bits per heavy atom.